The van der Waals surface area contributed by atoms with Crippen molar-refractivity contribution in [2.75, 3.05) is 14.2 Å². The molecule has 0 saturated heterocycles. The van der Waals surface area contributed by atoms with Gasteiger partial charge in [-0.05, 0) is 34.1 Å². The van der Waals surface area contributed by atoms with E-state index in [1.165, 1.54) is 7.11 Å². The molecule has 0 amide bonds. The Morgan fingerprint density at radius 2 is 1.84 bits per heavy atom. The molecule has 0 saturated carbocycles. The van der Waals surface area contributed by atoms with Gasteiger partial charge in [0.1, 0.15) is 22.1 Å². The van der Waals surface area contributed by atoms with Crippen molar-refractivity contribution in [2.45, 2.75) is 6.10 Å². The van der Waals surface area contributed by atoms with Gasteiger partial charge in [0.2, 0.25) is 0 Å². The van der Waals surface area contributed by atoms with Crippen LogP contribution in [0.15, 0.2) is 35.1 Å². The van der Waals surface area contributed by atoms with Gasteiger partial charge in [-0.3, -0.25) is 0 Å². The van der Waals surface area contributed by atoms with Crippen LogP contribution in [0.4, 0.5) is 0 Å². The second-order valence-electron chi connectivity index (χ2n) is 3.71. The summed E-state index contributed by atoms with van der Waals surface area (Å²) in [5, 5.41) is 10.3. The van der Waals surface area contributed by atoms with Crippen molar-refractivity contribution in [3.8, 4) is 11.5 Å². The number of hydrogen-bond donors (Lipinski definition) is 1. The van der Waals surface area contributed by atoms with Crippen LogP contribution in [-0.2, 0) is 0 Å². The molecule has 0 aliphatic carbocycles. The molecule has 0 aliphatic rings. The van der Waals surface area contributed by atoms with Gasteiger partial charge in [0.25, 0.3) is 0 Å². The fourth-order valence-corrected chi connectivity index (χ4v) is 2.41. The van der Waals surface area contributed by atoms with Crippen LogP contribution < -0.4 is 9.47 Å². The van der Waals surface area contributed by atoms with Crippen LogP contribution in [0.1, 0.15) is 17.5 Å². The number of halogens is 1. The molecular formula is C13H13BrN2O3. The van der Waals surface area contributed by atoms with Crippen molar-refractivity contribution < 1.29 is 14.6 Å². The number of aliphatic hydroxyl groups is 1. The minimum absolute atomic E-state index is 0.317. The third kappa shape index (κ3) is 2.69. The number of nitrogens with zero attached hydrogens (tertiary/aromatic N) is 2. The molecule has 1 aromatic heterocycles. The number of hydrogen-bond acceptors (Lipinski definition) is 5. The molecule has 0 fully saturated rings. The molecule has 1 aromatic carbocycles. The minimum atomic E-state index is -0.960. The maximum Gasteiger partial charge on any atom is 0.161 e. The normalized spacial score (nSPS) is 12.0. The van der Waals surface area contributed by atoms with Crippen molar-refractivity contribution in [3.05, 3.63) is 46.5 Å². The van der Waals surface area contributed by atoms with Crippen LogP contribution in [0, 0.1) is 0 Å². The Kier molecular flexibility index (Phi) is 4.34. The Hall–Kier alpha value is -1.66. The van der Waals surface area contributed by atoms with Gasteiger partial charge in [-0.15, -0.1) is 0 Å². The highest BCUT2D eigenvalue weighted by Crippen LogP contribution is 2.40. The average Bonchev–Trinajstić information content (AvgIpc) is 2.47. The summed E-state index contributed by atoms with van der Waals surface area (Å²) < 4.78 is 11.2. The van der Waals surface area contributed by atoms with E-state index in [4.69, 9.17) is 9.47 Å². The Balaban J connectivity index is 2.48. The topological polar surface area (TPSA) is 64.5 Å². The first-order valence-corrected chi connectivity index (χ1v) is 6.33. The molecule has 2 rings (SSSR count). The summed E-state index contributed by atoms with van der Waals surface area (Å²) in [6, 6.07) is 5.16. The zero-order valence-electron chi connectivity index (χ0n) is 10.5. The summed E-state index contributed by atoms with van der Waals surface area (Å²) in [6.45, 7) is 0. The van der Waals surface area contributed by atoms with E-state index in [-0.39, 0.29) is 0 Å². The Morgan fingerprint density at radius 1 is 1.16 bits per heavy atom. The zero-order valence-corrected chi connectivity index (χ0v) is 12.1. The van der Waals surface area contributed by atoms with Crippen LogP contribution in [0.3, 0.4) is 0 Å². The predicted octanol–water partition coefficient (Wildman–Crippen LogP) is 2.34. The van der Waals surface area contributed by atoms with Crippen molar-refractivity contribution >= 4 is 15.9 Å². The lowest BCUT2D eigenvalue weighted by Crippen LogP contribution is -2.07. The summed E-state index contributed by atoms with van der Waals surface area (Å²) in [5.41, 5.74) is 0.571. The van der Waals surface area contributed by atoms with E-state index < -0.39 is 6.10 Å². The number of ether oxygens (including phenoxy) is 2. The van der Waals surface area contributed by atoms with Gasteiger partial charge in [-0.25, -0.2) is 9.97 Å². The molecule has 1 atom stereocenters. The molecule has 6 heteroatoms. The number of aromatic nitrogens is 2. The van der Waals surface area contributed by atoms with Crippen LogP contribution in [0.5, 0.6) is 11.5 Å². The highest BCUT2D eigenvalue weighted by atomic mass is 79.9. The maximum atomic E-state index is 10.3. The first kappa shape index (κ1) is 13.8. The second kappa shape index (κ2) is 5.99. The van der Waals surface area contributed by atoms with Gasteiger partial charge in [0, 0.05) is 18.0 Å². The van der Waals surface area contributed by atoms with E-state index in [9.17, 15) is 5.11 Å². The van der Waals surface area contributed by atoms with Crippen molar-refractivity contribution in [2.24, 2.45) is 0 Å². The maximum absolute atomic E-state index is 10.3. The summed E-state index contributed by atoms with van der Waals surface area (Å²) in [5.74, 6) is 1.44. The van der Waals surface area contributed by atoms with Crippen LogP contribution >= 0.6 is 15.9 Å². The quantitative estimate of drug-likeness (QED) is 0.935. The average molecular weight is 325 g/mol. The lowest BCUT2D eigenvalue weighted by molar-refractivity contribution is 0.204. The molecule has 0 radical (unpaired) electrons. The molecule has 1 N–H and O–H groups in total. The zero-order chi connectivity index (χ0) is 13.8. The van der Waals surface area contributed by atoms with E-state index in [1.54, 1.807) is 37.7 Å². The van der Waals surface area contributed by atoms with Crippen molar-refractivity contribution in [1.29, 1.82) is 0 Å². The summed E-state index contributed by atoms with van der Waals surface area (Å²) in [7, 11) is 3.09. The van der Waals surface area contributed by atoms with Crippen LogP contribution in [0.2, 0.25) is 0 Å². The molecule has 2 aromatic rings. The Bertz CT molecular complexity index is 563. The summed E-state index contributed by atoms with van der Waals surface area (Å²) >= 11 is 3.39. The molecule has 1 heterocycles. The summed E-state index contributed by atoms with van der Waals surface area (Å²) in [4.78, 5) is 8.08. The fourth-order valence-electron chi connectivity index (χ4n) is 1.72. The molecule has 5 nitrogen and oxygen atoms in total. The third-order valence-corrected chi connectivity index (χ3v) is 3.39. The number of aliphatic hydroxyl groups excluding tert-OH is 1. The SMILES string of the molecule is COc1ccc(C(O)c2ncccn2)c(OC)c1Br. The van der Waals surface area contributed by atoms with Gasteiger partial charge in [-0.1, -0.05) is 0 Å². The molecular weight excluding hydrogens is 312 g/mol. The van der Waals surface area contributed by atoms with Gasteiger partial charge >= 0.3 is 0 Å². The Labute approximate surface area is 119 Å². The molecule has 1 unspecified atom stereocenters. The van der Waals surface area contributed by atoms with Crippen LogP contribution in [-0.4, -0.2) is 29.3 Å². The molecule has 19 heavy (non-hydrogen) atoms. The molecule has 0 aliphatic heterocycles. The van der Waals surface area contributed by atoms with E-state index >= 15 is 0 Å². The van der Waals surface area contributed by atoms with E-state index in [0.717, 1.165) is 0 Å². The van der Waals surface area contributed by atoms with Crippen molar-refractivity contribution in [3.63, 3.8) is 0 Å². The van der Waals surface area contributed by atoms with Crippen molar-refractivity contribution in [1.82, 2.24) is 9.97 Å². The summed E-state index contributed by atoms with van der Waals surface area (Å²) in [6.07, 6.45) is 2.20. The van der Waals surface area contributed by atoms with Gasteiger partial charge in [-0.2, -0.15) is 0 Å². The monoisotopic (exact) mass is 324 g/mol. The van der Waals surface area contributed by atoms with Crippen LogP contribution in [0.25, 0.3) is 0 Å². The first-order valence-electron chi connectivity index (χ1n) is 5.54. The van der Waals surface area contributed by atoms with E-state index in [0.29, 0.717) is 27.4 Å². The number of methoxy groups -OCH3 is 2. The lowest BCUT2D eigenvalue weighted by atomic mass is 10.1. The highest BCUT2D eigenvalue weighted by Gasteiger charge is 2.21. The fraction of sp³-hybridized carbons (Fsp3) is 0.231. The Morgan fingerprint density at radius 3 is 2.42 bits per heavy atom. The molecule has 100 valence electrons. The number of benzene rings is 1. The second-order valence-corrected chi connectivity index (χ2v) is 4.51. The van der Waals surface area contributed by atoms with E-state index in [1.807, 2.05) is 0 Å². The van der Waals surface area contributed by atoms with Gasteiger partial charge in [0.15, 0.2) is 5.82 Å². The predicted molar refractivity (Wildman–Crippen MR) is 73.3 cm³/mol. The van der Waals surface area contributed by atoms with Gasteiger partial charge in [0.05, 0.1) is 14.2 Å². The molecule has 0 spiro atoms. The van der Waals surface area contributed by atoms with E-state index in [2.05, 4.69) is 25.9 Å². The highest BCUT2D eigenvalue weighted by molar-refractivity contribution is 9.10. The lowest BCUT2D eigenvalue weighted by Gasteiger charge is -2.16. The largest absolute Gasteiger partial charge is 0.495 e. The number of rotatable bonds is 4. The van der Waals surface area contributed by atoms with Gasteiger partial charge < -0.3 is 14.6 Å². The smallest absolute Gasteiger partial charge is 0.161 e. The standard InChI is InChI=1S/C13H13BrN2O3/c1-18-9-5-4-8(12(19-2)10(9)14)11(17)13-15-6-3-7-16-13/h3-7,11,17H,1-2H3. The molecule has 0 bridgehead atoms. The third-order valence-electron chi connectivity index (χ3n) is 2.64. The first-order chi connectivity index (χ1) is 9.19. The minimum Gasteiger partial charge on any atom is -0.495 e.